The van der Waals surface area contributed by atoms with Gasteiger partial charge in [0.05, 0.1) is 57.7 Å². The molecule has 4 aromatic rings. The van der Waals surface area contributed by atoms with E-state index in [0.29, 0.717) is 18.8 Å². The van der Waals surface area contributed by atoms with Crippen molar-refractivity contribution in [3.8, 4) is 0 Å². The minimum absolute atomic E-state index is 0.0128. The standard InChI is InChI=1S/C15H16O6.3C8H6O4/c1-9-3-2-4-12(14(16)20-7-10-5-18-10)13(9)15(17)21-8-11-6-19-11;3*9-7(10)5-3-1-2-4-6(5)8(11)12/h2-4,10-11H,5-8H2,1H3;3*1-4H,(H,9,10)(H,11,12). The third-order valence-corrected chi connectivity index (χ3v) is 7.47. The lowest BCUT2D eigenvalue weighted by Crippen LogP contribution is -2.18. The van der Waals surface area contributed by atoms with Gasteiger partial charge in [0.15, 0.2) is 0 Å². The fourth-order valence-corrected chi connectivity index (χ4v) is 4.49. The van der Waals surface area contributed by atoms with Crippen LogP contribution < -0.4 is 0 Å². The summed E-state index contributed by atoms with van der Waals surface area (Å²) in [7, 11) is 0. The van der Waals surface area contributed by atoms with Crippen molar-refractivity contribution in [3.63, 3.8) is 0 Å². The lowest BCUT2D eigenvalue weighted by atomic mass is 10.0. The van der Waals surface area contributed by atoms with Gasteiger partial charge < -0.3 is 49.6 Å². The van der Waals surface area contributed by atoms with Gasteiger partial charge in [0.25, 0.3) is 0 Å². The number of aryl methyl sites for hydroxylation is 1. The zero-order valence-corrected chi connectivity index (χ0v) is 29.7. The predicted molar refractivity (Wildman–Crippen MR) is 192 cm³/mol. The highest BCUT2D eigenvalue weighted by atomic mass is 16.6. The molecule has 298 valence electrons. The largest absolute Gasteiger partial charge is 0.478 e. The van der Waals surface area contributed by atoms with Gasteiger partial charge in [-0.15, -0.1) is 0 Å². The van der Waals surface area contributed by atoms with Crippen molar-refractivity contribution >= 4 is 47.8 Å². The van der Waals surface area contributed by atoms with Gasteiger partial charge in [-0.05, 0) is 55.0 Å². The van der Waals surface area contributed by atoms with E-state index in [1.165, 1.54) is 72.8 Å². The van der Waals surface area contributed by atoms with Gasteiger partial charge in [-0.3, -0.25) is 0 Å². The molecule has 0 aromatic heterocycles. The Morgan fingerprint density at radius 2 is 0.719 bits per heavy atom. The molecule has 0 aliphatic carbocycles. The van der Waals surface area contributed by atoms with Gasteiger partial charge in [0, 0.05) is 0 Å². The second-order valence-corrected chi connectivity index (χ2v) is 11.6. The topological polar surface area (TPSA) is 301 Å². The highest BCUT2D eigenvalue weighted by molar-refractivity contribution is 6.05. The number of carboxylic acid groups (broad SMARTS) is 6. The van der Waals surface area contributed by atoms with Gasteiger partial charge in [0.1, 0.15) is 25.4 Å². The molecule has 0 radical (unpaired) electrons. The first kappa shape index (κ1) is 44.0. The van der Waals surface area contributed by atoms with E-state index in [1.807, 2.05) is 0 Å². The average molecular weight is 791 g/mol. The van der Waals surface area contributed by atoms with Crippen LogP contribution in [0.15, 0.2) is 91.0 Å². The van der Waals surface area contributed by atoms with Gasteiger partial charge in [-0.1, -0.05) is 48.5 Å². The van der Waals surface area contributed by atoms with Crippen LogP contribution in [0.3, 0.4) is 0 Å². The van der Waals surface area contributed by atoms with Gasteiger partial charge in [0.2, 0.25) is 0 Å². The first-order valence-electron chi connectivity index (χ1n) is 16.4. The number of benzene rings is 4. The molecule has 2 saturated heterocycles. The second-order valence-electron chi connectivity index (χ2n) is 11.6. The molecular formula is C39H34O18. The van der Waals surface area contributed by atoms with Crippen LogP contribution in [0.2, 0.25) is 0 Å². The van der Waals surface area contributed by atoms with Crippen LogP contribution in [0.5, 0.6) is 0 Å². The van der Waals surface area contributed by atoms with E-state index in [4.69, 9.17) is 49.6 Å². The van der Waals surface area contributed by atoms with Crippen molar-refractivity contribution in [2.24, 2.45) is 0 Å². The van der Waals surface area contributed by atoms with Crippen LogP contribution in [0.1, 0.15) is 88.4 Å². The Labute approximate surface area is 322 Å². The molecule has 2 aliphatic rings. The summed E-state index contributed by atoms with van der Waals surface area (Å²) in [6.45, 7) is 3.38. The summed E-state index contributed by atoms with van der Waals surface area (Å²) < 4.78 is 20.3. The van der Waals surface area contributed by atoms with E-state index in [0.717, 1.165) is 0 Å². The number of rotatable bonds is 12. The van der Waals surface area contributed by atoms with Crippen molar-refractivity contribution in [2.45, 2.75) is 19.1 Å². The van der Waals surface area contributed by atoms with E-state index in [-0.39, 0.29) is 69.9 Å². The molecule has 2 atom stereocenters. The molecule has 57 heavy (non-hydrogen) atoms. The van der Waals surface area contributed by atoms with E-state index in [9.17, 15) is 38.4 Å². The Bertz CT molecular complexity index is 1890. The predicted octanol–water partition coefficient (Wildman–Crippen LogP) is 4.36. The number of ether oxygens (including phenoxy) is 4. The van der Waals surface area contributed by atoms with Crippen molar-refractivity contribution < 1.29 is 87.9 Å². The number of epoxide rings is 2. The fourth-order valence-electron chi connectivity index (χ4n) is 4.49. The third kappa shape index (κ3) is 13.7. The quantitative estimate of drug-likeness (QED) is 0.0858. The Hall–Kier alpha value is -7.44. The highest BCUT2D eigenvalue weighted by Gasteiger charge is 2.29. The third-order valence-electron chi connectivity index (χ3n) is 7.47. The van der Waals surface area contributed by atoms with Crippen molar-refractivity contribution in [2.75, 3.05) is 26.4 Å². The lowest BCUT2D eigenvalue weighted by molar-refractivity contribution is 0.0430. The van der Waals surface area contributed by atoms with Crippen LogP contribution in [0, 0.1) is 6.92 Å². The van der Waals surface area contributed by atoms with Crippen LogP contribution >= 0.6 is 0 Å². The van der Waals surface area contributed by atoms with E-state index < -0.39 is 47.8 Å². The SMILES string of the molecule is Cc1cccc(C(=O)OCC2CO2)c1C(=O)OCC1CO1.O=C(O)c1ccccc1C(=O)O.O=C(O)c1ccccc1C(=O)O.O=C(O)c1ccccc1C(=O)O. The van der Waals surface area contributed by atoms with E-state index in [2.05, 4.69) is 0 Å². The average Bonchev–Trinajstić information content (AvgIpc) is 4.13. The van der Waals surface area contributed by atoms with Crippen molar-refractivity contribution in [1.82, 2.24) is 0 Å². The maximum Gasteiger partial charge on any atom is 0.339 e. The molecule has 0 saturated carbocycles. The van der Waals surface area contributed by atoms with Crippen LogP contribution in [0.25, 0.3) is 0 Å². The Kier molecular flexibility index (Phi) is 16.1. The minimum atomic E-state index is -1.23. The molecule has 0 spiro atoms. The van der Waals surface area contributed by atoms with Crippen molar-refractivity contribution in [3.05, 3.63) is 141 Å². The number of aromatic carboxylic acids is 6. The normalized spacial score (nSPS) is 14.2. The molecule has 2 aliphatic heterocycles. The van der Waals surface area contributed by atoms with Gasteiger partial charge in [-0.25, -0.2) is 38.4 Å². The van der Waals surface area contributed by atoms with Crippen LogP contribution in [-0.2, 0) is 18.9 Å². The maximum absolute atomic E-state index is 12.2. The maximum atomic E-state index is 12.2. The summed E-state index contributed by atoms with van der Waals surface area (Å²) in [6, 6.07) is 21.5. The molecule has 18 heteroatoms. The molecule has 18 nitrogen and oxygen atoms in total. The fraction of sp³-hybridized carbons (Fsp3) is 0.179. The summed E-state index contributed by atoms with van der Waals surface area (Å²) in [4.78, 5) is 87.0. The number of hydrogen-bond acceptors (Lipinski definition) is 12. The molecular weight excluding hydrogens is 756 g/mol. The zero-order chi connectivity index (χ0) is 42.2. The Morgan fingerprint density at radius 3 is 0.982 bits per heavy atom. The first-order chi connectivity index (χ1) is 27.0. The number of esters is 2. The number of carbonyl (C=O) groups excluding carboxylic acids is 2. The first-order valence-corrected chi connectivity index (χ1v) is 16.4. The minimum Gasteiger partial charge on any atom is -0.478 e. The summed E-state index contributed by atoms with van der Waals surface area (Å²) >= 11 is 0. The number of carbonyl (C=O) groups is 8. The molecule has 2 unspecified atom stereocenters. The number of carboxylic acids is 6. The molecule has 2 heterocycles. The van der Waals surface area contributed by atoms with Crippen molar-refractivity contribution in [1.29, 1.82) is 0 Å². The molecule has 2 fully saturated rings. The molecule has 4 aromatic carbocycles. The van der Waals surface area contributed by atoms with Gasteiger partial charge >= 0.3 is 47.8 Å². The monoisotopic (exact) mass is 790 g/mol. The Balaban J connectivity index is 0.000000212. The summed E-state index contributed by atoms with van der Waals surface area (Å²) in [5.74, 6) is -8.44. The summed E-state index contributed by atoms with van der Waals surface area (Å²) in [6.07, 6.45) is -0.0263. The molecule has 6 N–H and O–H groups in total. The molecule has 0 bridgehead atoms. The van der Waals surface area contributed by atoms with E-state index in [1.54, 1.807) is 25.1 Å². The number of hydrogen-bond donors (Lipinski definition) is 6. The van der Waals surface area contributed by atoms with Crippen LogP contribution in [0.4, 0.5) is 0 Å². The van der Waals surface area contributed by atoms with Gasteiger partial charge in [-0.2, -0.15) is 0 Å². The second kappa shape index (κ2) is 20.9. The smallest absolute Gasteiger partial charge is 0.339 e. The lowest BCUT2D eigenvalue weighted by Gasteiger charge is -2.11. The van der Waals surface area contributed by atoms with Crippen LogP contribution in [-0.4, -0.2) is 117 Å². The molecule has 0 amide bonds. The summed E-state index contributed by atoms with van der Waals surface area (Å²) in [5.41, 5.74) is 0.00562. The summed E-state index contributed by atoms with van der Waals surface area (Å²) in [5, 5.41) is 51.3. The molecule has 6 rings (SSSR count). The Morgan fingerprint density at radius 1 is 0.456 bits per heavy atom. The van der Waals surface area contributed by atoms with E-state index >= 15 is 0 Å². The zero-order valence-electron chi connectivity index (χ0n) is 29.7. The highest BCUT2D eigenvalue weighted by Crippen LogP contribution is 2.20.